The number of para-hydroxylation sites is 1. The quantitative estimate of drug-likeness (QED) is 0.866. The molecule has 1 saturated heterocycles. The zero-order valence-corrected chi connectivity index (χ0v) is 13.8. The van der Waals surface area contributed by atoms with E-state index >= 15 is 0 Å². The Morgan fingerprint density at radius 2 is 1.61 bits per heavy atom. The van der Waals surface area contributed by atoms with Gasteiger partial charge in [-0.25, -0.2) is 12.8 Å². The van der Waals surface area contributed by atoms with Crippen LogP contribution in [0.3, 0.4) is 0 Å². The Morgan fingerprint density at radius 3 is 2.22 bits per heavy atom. The summed E-state index contributed by atoms with van der Waals surface area (Å²) in [5.74, 6) is -0.421. The number of halogens is 1. The average Bonchev–Trinajstić information content (AvgIpc) is 2.55. The fourth-order valence-electron chi connectivity index (χ4n) is 2.87. The molecule has 6 heteroatoms. The van der Waals surface area contributed by atoms with E-state index < -0.39 is 15.8 Å². The van der Waals surface area contributed by atoms with Gasteiger partial charge in [0.1, 0.15) is 5.82 Å². The lowest BCUT2D eigenvalue weighted by Gasteiger charge is -2.35. The second-order valence-corrected chi connectivity index (χ2v) is 7.54. The molecule has 3 rings (SSSR count). The molecule has 0 aliphatic carbocycles. The van der Waals surface area contributed by atoms with Gasteiger partial charge in [0, 0.05) is 31.9 Å². The minimum Gasteiger partial charge on any atom is -0.369 e. The second-order valence-electron chi connectivity index (χ2n) is 5.64. The summed E-state index contributed by atoms with van der Waals surface area (Å²) in [6.45, 7) is 3.76. The molecule has 2 aromatic rings. The third kappa shape index (κ3) is 3.23. The fraction of sp³-hybridized carbons (Fsp3) is 0.294. The Balaban J connectivity index is 1.76. The molecule has 0 bridgehead atoms. The van der Waals surface area contributed by atoms with Crippen molar-refractivity contribution in [2.24, 2.45) is 0 Å². The third-order valence-electron chi connectivity index (χ3n) is 4.11. The number of benzene rings is 2. The standard InChI is InChI=1S/C17H19FN2O2S/c1-14-13-15(18)7-8-17(14)23(21,22)20-11-9-19(10-12-20)16-5-3-2-4-6-16/h2-8,13H,9-12H2,1H3. The van der Waals surface area contributed by atoms with Gasteiger partial charge in [0.15, 0.2) is 0 Å². The Bertz CT molecular complexity index is 785. The first kappa shape index (κ1) is 16.0. The van der Waals surface area contributed by atoms with Crippen molar-refractivity contribution in [1.82, 2.24) is 4.31 Å². The van der Waals surface area contributed by atoms with E-state index in [9.17, 15) is 12.8 Å². The second kappa shape index (κ2) is 6.29. The highest BCUT2D eigenvalue weighted by Crippen LogP contribution is 2.23. The lowest BCUT2D eigenvalue weighted by molar-refractivity contribution is 0.384. The van der Waals surface area contributed by atoms with Crippen molar-refractivity contribution in [1.29, 1.82) is 0 Å². The van der Waals surface area contributed by atoms with Crippen LogP contribution in [-0.2, 0) is 10.0 Å². The van der Waals surface area contributed by atoms with E-state index in [1.807, 2.05) is 30.3 Å². The predicted octanol–water partition coefficient (Wildman–Crippen LogP) is 2.65. The molecule has 0 unspecified atom stereocenters. The van der Waals surface area contributed by atoms with Gasteiger partial charge in [0.05, 0.1) is 4.90 Å². The van der Waals surface area contributed by atoms with Crippen LogP contribution in [0.2, 0.25) is 0 Å². The number of nitrogens with zero attached hydrogens (tertiary/aromatic N) is 2. The van der Waals surface area contributed by atoms with E-state index in [0.29, 0.717) is 31.7 Å². The number of piperazine rings is 1. The summed E-state index contributed by atoms with van der Waals surface area (Å²) in [5.41, 5.74) is 1.54. The van der Waals surface area contributed by atoms with E-state index in [2.05, 4.69) is 4.90 Å². The summed E-state index contributed by atoms with van der Waals surface area (Å²) in [6, 6.07) is 13.8. The number of rotatable bonds is 3. The monoisotopic (exact) mass is 334 g/mol. The first-order chi connectivity index (χ1) is 11.0. The Morgan fingerprint density at radius 1 is 0.957 bits per heavy atom. The number of hydrogen-bond donors (Lipinski definition) is 0. The van der Waals surface area contributed by atoms with Crippen molar-refractivity contribution < 1.29 is 12.8 Å². The van der Waals surface area contributed by atoms with Gasteiger partial charge in [-0.05, 0) is 42.8 Å². The van der Waals surface area contributed by atoms with Crippen LogP contribution in [0.1, 0.15) is 5.56 Å². The van der Waals surface area contributed by atoms with Gasteiger partial charge in [-0.2, -0.15) is 4.31 Å². The molecule has 0 atom stereocenters. The molecular formula is C17H19FN2O2S. The van der Waals surface area contributed by atoms with E-state index in [1.54, 1.807) is 6.92 Å². The molecule has 23 heavy (non-hydrogen) atoms. The first-order valence-electron chi connectivity index (χ1n) is 7.55. The predicted molar refractivity (Wildman–Crippen MR) is 88.6 cm³/mol. The zero-order valence-electron chi connectivity index (χ0n) is 12.9. The molecule has 1 aliphatic rings. The van der Waals surface area contributed by atoms with Crippen molar-refractivity contribution in [2.45, 2.75) is 11.8 Å². The van der Waals surface area contributed by atoms with Gasteiger partial charge in [0.25, 0.3) is 0 Å². The topological polar surface area (TPSA) is 40.6 Å². The Hall–Kier alpha value is -1.92. The van der Waals surface area contributed by atoms with Gasteiger partial charge < -0.3 is 4.90 Å². The van der Waals surface area contributed by atoms with Crippen LogP contribution in [0, 0.1) is 12.7 Å². The lowest BCUT2D eigenvalue weighted by Crippen LogP contribution is -2.48. The van der Waals surface area contributed by atoms with Crippen LogP contribution < -0.4 is 4.90 Å². The average molecular weight is 334 g/mol. The highest BCUT2D eigenvalue weighted by molar-refractivity contribution is 7.89. The molecule has 0 saturated carbocycles. The summed E-state index contributed by atoms with van der Waals surface area (Å²) >= 11 is 0. The summed E-state index contributed by atoms with van der Waals surface area (Å²) in [4.78, 5) is 2.36. The minimum absolute atomic E-state index is 0.187. The van der Waals surface area contributed by atoms with E-state index in [0.717, 1.165) is 5.69 Å². The van der Waals surface area contributed by atoms with Crippen LogP contribution in [0.4, 0.5) is 10.1 Å². The van der Waals surface area contributed by atoms with Crippen molar-refractivity contribution in [3.63, 3.8) is 0 Å². The van der Waals surface area contributed by atoms with E-state index in [-0.39, 0.29) is 4.90 Å². The van der Waals surface area contributed by atoms with Crippen molar-refractivity contribution >= 4 is 15.7 Å². The van der Waals surface area contributed by atoms with Crippen molar-refractivity contribution in [2.75, 3.05) is 31.1 Å². The SMILES string of the molecule is Cc1cc(F)ccc1S(=O)(=O)N1CCN(c2ccccc2)CC1. The Kier molecular flexibility index (Phi) is 4.37. The Labute approximate surface area is 136 Å². The molecule has 122 valence electrons. The maximum atomic E-state index is 13.2. The lowest BCUT2D eigenvalue weighted by atomic mass is 10.2. The van der Waals surface area contributed by atoms with Crippen LogP contribution in [0.15, 0.2) is 53.4 Å². The van der Waals surface area contributed by atoms with Gasteiger partial charge in [-0.1, -0.05) is 18.2 Å². The molecule has 1 fully saturated rings. The highest BCUT2D eigenvalue weighted by atomic mass is 32.2. The van der Waals surface area contributed by atoms with Gasteiger partial charge in [0.2, 0.25) is 10.0 Å². The number of anilines is 1. The smallest absolute Gasteiger partial charge is 0.243 e. The van der Waals surface area contributed by atoms with Gasteiger partial charge in [-0.3, -0.25) is 0 Å². The molecule has 4 nitrogen and oxygen atoms in total. The normalized spacial score (nSPS) is 16.5. The van der Waals surface area contributed by atoms with Crippen LogP contribution in [-0.4, -0.2) is 38.9 Å². The number of hydrogen-bond acceptors (Lipinski definition) is 3. The van der Waals surface area contributed by atoms with Crippen LogP contribution >= 0.6 is 0 Å². The maximum Gasteiger partial charge on any atom is 0.243 e. The molecular weight excluding hydrogens is 315 g/mol. The maximum absolute atomic E-state index is 13.2. The number of aryl methyl sites for hydroxylation is 1. The summed E-state index contributed by atoms with van der Waals surface area (Å²) in [6.07, 6.45) is 0. The molecule has 1 aliphatic heterocycles. The van der Waals surface area contributed by atoms with Gasteiger partial charge >= 0.3 is 0 Å². The summed E-state index contributed by atoms with van der Waals surface area (Å²) in [7, 11) is -3.58. The zero-order chi connectivity index (χ0) is 16.4. The molecule has 0 N–H and O–H groups in total. The highest BCUT2D eigenvalue weighted by Gasteiger charge is 2.29. The third-order valence-corrected chi connectivity index (χ3v) is 6.17. The molecule has 0 aromatic heterocycles. The minimum atomic E-state index is -3.58. The van der Waals surface area contributed by atoms with E-state index in [4.69, 9.17) is 0 Å². The largest absolute Gasteiger partial charge is 0.369 e. The summed E-state index contributed by atoms with van der Waals surface area (Å²) < 4.78 is 40.2. The first-order valence-corrected chi connectivity index (χ1v) is 8.99. The molecule has 0 amide bonds. The van der Waals surface area contributed by atoms with E-state index in [1.165, 1.54) is 22.5 Å². The molecule has 2 aromatic carbocycles. The van der Waals surface area contributed by atoms with Crippen LogP contribution in [0.25, 0.3) is 0 Å². The van der Waals surface area contributed by atoms with Crippen LogP contribution in [0.5, 0.6) is 0 Å². The fourth-order valence-corrected chi connectivity index (χ4v) is 4.49. The molecule has 1 heterocycles. The molecule has 0 spiro atoms. The molecule has 0 radical (unpaired) electrons. The van der Waals surface area contributed by atoms with Crippen molar-refractivity contribution in [3.05, 3.63) is 59.9 Å². The van der Waals surface area contributed by atoms with Crippen molar-refractivity contribution in [3.8, 4) is 0 Å². The number of sulfonamides is 1. The van der Waals surface area contributed by atoms with Gasteiger partial charge in [-0.15, -0.1) is 0 Å². The summed E-state index contributed by atoms with van der Waals surface area (Å²) in [5, 5.41) is 0.